The van der Waals surface area contributed by atoms with Crippen LogP contribution in [0.2, 0.25) is 0 Å². The van der Waals surface area contributed by atoms with Crippen molar-refractivity contribution < 1.29 is 28.6 Å². The molecule has 0 saturated carbocycles. The molecule has 0 aromatic rings. The summed E-state index contributed by atoms with van der Waals surface area (Å²) in [7, 11) is 0. The van der Waals surface area contributed by atoms with Crippen LogP contribution in [0.3, 0.4) is 0 Å². The molecular formula is C35H66N2O6. The van der Waals surface area contributed by atoms with Gasteiger partial charge in [0.15, 0.2) is 6.61 Å². The Hall–Kier alpha value is -1.67. The number of carbonyl (C=O) groups excluding carboxylic acids is 3. The summed E-state index contributed by atoms with van der Waals surface area (Å²) >= 11 is 0. The fourth-order valence-corrected chi connectivity index (χ4v) is 5.63. The van der Waals surface area contributed by atoms with E-state index in [1.165, 1.54) is 64.2 Å². The average Bonchev–Trinajstić information content (AvgIpc) is 3.36. The Morgan fingerprint density at radius 1 is 0.744 bits per heavy atom. The number of esters is 1. The first-order valence-electron chi connectivity index (χ1n) is 17.7. The van der Waals surface area contributed by atoms with Crippen molar-refractivity contribution in [3.05, 3.63) is 0 Å². The highest BCUT2D eigenvalue weighted by molar-refractivity contribution is 5.80. The Balaban J connectivity index is 2.02. The van der Waals surface area contributed by atoms with E-state index < -0.39 is 0 Å². The lowest BCUT2D eigenvalue weighted by Gasteiger charge is -2.25. The Labute approximate surface area is 263 Å². The Morgan fingerprint density at radius 3 is 1.88 bits per heavy atom. The van der Waals surface area contributed by atoms with Gasteiger partial charge in [0.25, 0.3) is 5.91 Å². The first-order chi connectivity index (χ1) is 20.7. The smallest absolute Gasteiger partial charge is 0.306 e. The van der Waals surface area contributed by atoms with Gasteiger partial charge in [-0.25, -0.2) is 0 Å². The van der Waals surface area contributed by atoms with Gasteiger partial charge in [0, 0.05) is 25.9 Å². The van der Waals surface area contributed by atoms with Crippen molar-refractivity contribution in [3.8, 4) is 0 Å². The van der Waals surface area contributed by atoms with Crippen LogP contribution in [0.1, 0.15) is 157 Å². The fraction of sp³-hybridized carbons (Fsp3) is 0.914. The van der Waals surface area contributed by atoms with E-state index in [0.29, 0.717) is 32.5 Å². The molecule has 0 spiro atoms. The Morgan fingerprint density at radius 2 is 1.30 bits per heavy atom. The van der Waals surface area contributed by atoms with E-state index in [1.54, 1.807) is 0 Å². The van der Waals surface area contributed by atoms with Gasteiger partial charge in [-0.05, 0) is 53.4 Å². The van der Waals surface area contributed by atoms with E-state index in [9.17, 15) is 14.4 Å². The van der Waals surface area contributed by atoms with Gasteiger partial charge in [-0.15, -0.1) is 0 Å². The van der Waals surface area contributed by atoms with E-state index >= 15 is 0 Å². The van der Waals surface area contributed by atoms with Crippen LogP contribution < -0.4 is 5.32 Å². The van der Waals surface area contributed by atoms with Gasteiger partial charge >= 0.3 is 5.97 Å². The summed E-state index contributed by atoms with van der Waals surface area (Å²) in [5.74, 6) is -0.417. The molecule has 0 aromatic heterocycles. The molecule has 2 atom stereocenters. The third kappa shape index (κ3) is 21.6. The molecule has 252 valence electrons. The second-order valence-electron chi connectivity index (χ2n) is 12.9. The van der Waals surface area contributed by atoms with Crippen molar-refractivity contribution in [1.29, 1.82) is 0 Å². The summed E-state index contributed by atoms with van der Waals surface area (Å²) in [5.41, 5.74) is 0. The number of unbranched alkanes of at least 4 members (excludes halogenated alkanes) is 14. The van der Waals surface area contributed by atoms with Crippen molar-refractivity contribution in [2.24, 2.45) is 0 Å². The summed E-state index contributed by atoms with van der Waals surface area (Å²) < 4.78 is 16.9. The number of ether oxygens (including phenoxy) is 3. The first-order valence-corrected chi connectivity index (χ1v) is 17.7. The molecule has 1 fully saturated rings. The molecule has 0 radical (unpaired) electrons. The lowest BCUT2D eigenvalue weighted by atomic mass is 10.0. The molecule has 8 heteroatoms. The zero-order chi connectivity index (χ0) is 31.7. The summed E-state index contributed by atoms with van der Waals surface area (Å²) in [4.78, 5) is 38.8. The van der Waals surface area contributed by atoms with Crippen LogP contribution in [-0.4, -0.2) is 73.3 Å². The molecule has 1 aliphatic heterocycles. The monoisotopic (exact) mass is 610 g/mol. The Bertz CT molecular complexity index is 729. The van der Waals surface area contributed by atoms with Crippen LogP contribution in [0.4, 0.5) is 0 Å². The van der Waals surface area contributed by atoms with Gasteiger partial charge in [0.05, 0.1) is 31.0 Å². The van der Waals surface area contributed by atoms with E-state index in [-0.39, 0.29) is 48.7 Å². The lowest BCUT2D eigenvalue weighted by Crippen LogP contribution is -2.39. The van der Waals surface area contributed by atoms with Crippen molar-refractivity contribution >= 4 is 17.8 Å². The van der Waals surface area contributed by atoms with Gasteiger partial charge in [-0.1, -0.05) is 90.4 Å². The highest BCUT2D eigenvalue weighted by atomic mass is 16.5. The van der Waals surface area contributed by atoms with Gasteiger partial charge in [0.2, 0.25) is 5.91 Å². The average molecular weight is 611 g/mol. The molecular weight excluding hydrogens is 544 g/mol. The minimum atomic E-state index is -0.295. The molecule has 0 aromatic carbocycles. The second-order valence-corrected chi connectivity index (χ2v) is 12.9. The van der Waals surface area contributed by atoms with Gasteiger partial charge < -0.3 is 24.4 Å². The highest BCUT2D eigenvalue weighted by Crippen LogP contribution is 2.24. The molecule has 2 amide bonds. The predicted octanol–water partition coefficient (Wildman–Crippen LogP) is 7.51. The molecule has 1 N–H and O–H groups in total. The largest absolute Gasteiger partial charge is 0.456 e. The van der Waals surface area contributed by atoms with Gasteiger partial charge in [-0.3, -0.25) is 14.4 Å². The quantitative estimate of drug-likeness (QED) is 0.0764. The molecule has 1 heterocycles. The lowest BCUT2D eigenvalue weighted by molar-refractivity contribution is -0.148. The third-order valence-electron chi connectivity index (χ3n) is 8.02. The number of hydrogen-bond acceptors (Lipinski definition) is 6. The van der Waals surface area contributed by atoms with Gasteiger partial charge in [0.1, 0.15) is 0 Å². The maximum absolute atomic E-state index is 12.9. The Kier molecular flexibility index (Phi) is 23.5. The van der Waals surface area contributed by atoms with Crippen LogP contribution in [-0.2, 0) is 28.6 Å². The molecule has 0 aliphatic carbocycles. The first kappa shape index (κ1) is 39.4. The molecule has 0 unspecified atom stereocenters. The maximum atomic E-state index is 12.9. The normalized spacial score (nSPS) is 16.8. The molecule has 1 saturated heterocycles. The number of nitrogens with one attached hydrogen (secondary N) is 1. The number of carbonyl (C=O) groups is 3. The molecule has 0 bridgehead atoms. The zero-order valence-electron chi connectivity index (χ0n) is 28.5. The number of hydrogen-bond donors (Lipinski definition) is 1. The van der Waals surface area contributed by atoms with E-state index in [2.05, 4.69) is 12.2 Å². The minimum Gasteiger partial charge on any atom is -0.456 e. The zero-order valence-corrected chi connectivity index (χ0v) is 28.5. The summed E-state index contributed by atoms with van der Waals surface area (Å²) in [5, 5.41) is 2.81. The molecule has 1 rings (SSSR count). The topological polar surface area (TPSA) is 94.2 Å². The van der Waals surface area contributed by atoms with Crippen molar-refractivity contribution in [2.75, 3.05) is 26.3 Å². The van der Waals surface area contributed by atoms with Crippen molar-refractivity contribution in [2.45, 2.75) is 181 Å². The molecule has 43 heavy (non-hydrogen) atoms. The van der Waals surface area contributed by atoms with E-state index in [1.807, 2.05) is 32.6 Å². The van der Waals surface area contributed by atoms with Crippen molar-refractivity contribution in [1.82, 2.24) is 10.2 Å². The number of rotatable bonds is 27. The van der Waals surface area contributed by atoms with Crippen LogP contribution in [0, 0.1) is 0 Å². The number of amides is 2. The van der Waals surface area contributed by atoms with Crippen LogP contribution in [0.25, 0.3) is 0 Å². The highest BCUT2D eigenvalue weighted by Gasteiger charge is 2.36. The standard InChI is InChI=1S/C35H66N2O6/c1-6-7-8-9-10-11-12-13-14-15-16-17-20-23-35(40)42-28-33(38)36-24-21-18-19-22-34(39)37-26-32(43-30(4)5)25-31(37)27-41-29(2)3/h29-32H,6-28H2,1-5H3,(H,36,38)/t31-,32+/m0/s1. The SMILES string of the molecule is CCCCCCCCCCCCCCCC(=O)OCC(=O)NCCCCCC(=O)N1C[C@H](OC(C)C)C[C@H]1COC(C)C. The molecule has 1 aliphatic rings. The van der Waals surface area contributed by atoms with Crippen LogP contribution in [0.15, 0.2) is 0 Å². The van der Waals surface area contributed by atoms with E-state index in [4.69, 9.17) is 14.2 Å². The fourth-order valence-electron chi connectivity index (χ4n) is 5.63. The number of likely N-dealkylation sites (tertiary alicyclic amines) is 1. The van der Waals surface area contributed by atoms with Crippen molar-refractivity contribution in [3.63, 3.8) is 0 Å². The summed E-state index contributed by atoms with van der Waals surface area (Å²) in [6.45, 7) is 11.8. The maximum Gasteiger partial charge on any atom is 0.306 e. The van der Waals surface area contributed by atoms with Crippen LogP contribution in [0.5, 0.6) is 0 Å². The minimum absolute atomic E-state index is 0.0587. The van der Waals surface area contributed by atoms with E-state index in [0.717, 1.165) is 44.9 Å². The predicted molar refractivity (Wildman–Crippen MR) is 174 cm³/mol. The summed E-state index contributed by atoms with van der Waals surface area (Å²) in [6.07, 6.45) is 20.8. The molecule has 8 nitrogen and oxygen atoms in total. The summed E-state index contributed by atoms with van der Waals surface area (Å²) in [6, 6.07) is 0.0604. The third-order valence-corrected chi connectivity index (χ3v) is 8.02. The van der Waals surface area contributed by atoms with Gasteiger partial charge in [-0.2, -0.15) is 0 Å². The van der Waals surface area contributed by atoms with Crippen LogP contribution >= 0.6 is 0 Å². The second kappa shape index (κ2) is 25.6. The number of nitrogens with zero attached hydrogens (tertiary/aromatic N) is 1.